The van der Waals surface area contributed by atoms with Crippen LogP contribution in [0.1, 0.15) is 38.2 Å². The van der Waals surface area contributed by atoms with Gasteiger partial charge in [0.2, 0.25) is 11.8 Å². The molecule has 114 valence electrons. The van der Waals surface area contributed by atoms with E-state index in [1.165, 1.54) is 6.92 Å². The molecule has 1 aliphatic rings. The molecule has 21 heavy (non-hydrogen) atoms. The second-order valence-corrected chi connectivity index (χ2v) is 5.57. The third-order valence-corrected chi connectivity index (χ3v) is 3.89. The average molecular weight is 290 g/mol. The molecule has 2 amide bonds. The molecule has 0 spiro atoms. The van der Waals surface area contributed by atoms with E-state index in [1.54, 1.807) is 24.3 Å². The van der Waals surface area contributed by atoms with Crippen molar-refractivity contribution in [1.82, 2.24) is 5.32 Å². The van der Waals surface area contributed by atoms with Crippen LogP contribution in [0.3, 0.4) is 0 Å². The van der Waals surface area contributed by atoms with Crippen molar-refractivity contribution in [3.63, 3.8) is 0 Å². The van der Waals surface area contributed by atoms with Gasteiger partial charge in [-0.25, -0.2) is 0 Å². The first kappa shape index (κ1) is 15.5. The van der Waals surface area contributed by atoms with Crippen molar-refractivity contribution in [2.24, 2.45) is 5.92 Å². The van der Waals surface area contributed by atoms with E-state index >= 15 is 0 Å². The summed E-state index contributed by atoms with van der Waals surface area (Å²) in [6, 6.07) is 6.60. The molecule has 0 bridgehead atoms. The Balaban J connectivity index is 2.07. The van der Waals surface area contributed by atoms with Crippen LogP contribution in [0, 0.1) is 5.92 Å². The number of hydrogen-bond acceptors (Lipinski definition) is 3. The molecule has 1 aromatic rings. The van der Waals surface area contributed by atoms with Gasteiger partial charge in [-0.15, -0.1) is 0 Å². The summed E-state index contributed by atoms with van der Waals surface area (Å²) in [5, 5.41) is 14.7. The highest BCUT2D eigenvalue weighted by Crippen LogP contribution is 2.28. The quantitative estimate of drug-likeness (QED) is 0.774. The number of nitrogens with one attached hydrogen (secondary N) is 2. The summed E-state index contributed by atoms with van der Waals surface area (Å²) in [4.78, 5) is 23.8. The van der Waals surface area contributed by atoms with E-state index in [-0.39, 0.29) is 24.3 Å². The lowest BCUT2D eigenvalue weighted by atomic mass is 9.97. The number of amides is 2. The minimum Gasteiger partial charge on any atom is -0.392 e. The largest absolute Gasteiger partial charge is 0.392 e. The van der Waals surface area contributed by atoms with Gasteiger partial charge in [0.15, 0.2) is 0 Å². The number of aliphatic hydroxyl groups excluding tert-OH is 1. The fourth-order valence-electron chi connectivity index (χ4n) is 2.87. The number of aliphatic hydroxyl groups is 1. The van der Waals surface area contributed by atoms with Gasteiger partial charge < -0.3 is 15.7 Å². The minimum absolute atomic E-state index is 0.0680. The summed E-state index contributed by atoms with van der Waals surface area (Å²) in [7, 11) is 0. The zero-order valence-electron chi connectivity index (χ0n) is 12.3. The van der Waals surface area contributed by atoms with Gasteiger partial charge in [0.25, 0.3) is 0 Å². The highest BCUT2D eigenvalue weighted by Gasteiger charge is 2.31. The molecule has 2 rings (SSSR count). The van der Waals surface area contributed by atoms with Crippen LogP contribution < -0.4 is 10.6 Å². The maximum absolute atomic E-state index is 12.4. The van der Waals surface area contributed by atoms with Gasteiger partial charge in [-0.3, -0.25) is 9.59 Å². The molecule has 1 atom stereocenters. The number of benzene rings is 1. The molecule has 0 saturated heterocycles. The Hall–Kier alpha value is -1.88. The topological polar surface area (TPSA) is 78.4 Å². The summed E-state index contributed by atoms with van der Waals surface area (Å²) in [6.07, 6.45) is 4.14. The molecule has 0 heterocycles. The van der Waals surface area contributed by atoms with E-state index in [0.717, 1.165) is 31.2 Å². The minimum atomic E-state index is -0.484. The summed E-state index contributed by atoms with van der Waals surface area (Å²) in [5.74, 6) is -0.173. The Morgan fingerprint density at radius 1 is 1.33 bits per heavy atom. The van der Waals surface area contributed by atoms with Gasteiger partial charge in [-0.05, 0) is 36.5 Å². The van der Waals surface area contributed by atoms with Crippen LogP contribution in [-0.2, 0) is 16.2 Å². The number of carbonyl (C=O) groups excluding carboxylic acids is 2. The van der Waals surface area contributed by atoms with Gasteiger partial charge in [0.1, 0.15) is 6.04 Å². The van der Waals surface area contributed by atoms with Crippen molar-refractivity contribution >= 4 is 17.5 Å². The van der Waals surface area contributed by atoms with Crippen LogP contribution in [0.25, 0.3) is 0 Å². The van der Waals surface area contributed by atoms with Crippen LogP contribution >= 0.6 is 0 Å². The van der Waals surface area contributed by atoms with E-state index in [0.29, 0.717) is 5.69 Å². The maximum atomic E-state index is 12.4. The predicted octanol–water partition coefficient (Wildman–Crippen LogP) is 1.81. The third-order valence-electron chi connectivity index (χ3n) is 3.89. The number of hydrogen-bond donors (Lipinski definition) is 3. The number of anilines is 1. The second kappa shape index (κ2) is 7.22. The normalized spacial score (nSPS) is 16.5. The lowest BCUT2D eigenvalue weighted by molar-refractivity contribution is -0.126. The predicted molar refractivity (Wildman–Crippen MR) is 80.6 cm³/mol. The Morgan fingerprint density at radius 3 is 2.67 bits per heavy atom. The lowest BCUT2D eigenvalue weighted by Gasteiger charge is -2.23. The average Bonchev–Trinajstić information content (AvgIpc) is 2.98. The lowest BCUT2D eigenvalue weighted by Crippen LogP contribution is -2.47. The Kier molecular flexibility index (Phi) is 5.33. The van der Waals surface area contributed by atoms with E-state index in [4.69, 9.17) is 5.11 Å². The van der Waals surface area contributed by atoms with Crippen molar-refractivity contribution in [2.45, 2.75) is 45.3 Å². The molecule has 1 aliphatic carbocycles. The molecule has 0 radical (unpaired) electrons. The highest BCUT2D eigenvalue weighted by atomic mass is 16.3. The van der Waals surface area contributed by atoms with Crippen LogP contribution in [0.15, 0.2) is 24.3 Å². The van der Waals surface area contributed by atoms with Crippen molar-refractivity contribution in [3.8, 4) is 0 Å². The van der Waals surface area contributed by atoms with Gasteiger partial charge in [-0.1, -0.05) is 25.0 Å². The van der Waals surface area contributed by atoms with Crippen LogP contribution in [-0.4, -0.2) is 23.0 Å². The smallest absolute Gasteiger partial charge is 0.247 e. The zero-order valence-corrected chi connectivity index (χ0v) is 12.3. The van der Waals surface area contributed by atoms with Gasteiger partial charge in [-0.2, -0.15) is 0 Å². The fourth-order valence-corrected chi connectivity index (χ4v) is 2.87. The first-order valence-electron chi connectivity index (χ1n) is 7.38. The molecule has 1 unspecified atom stereocenters. The second-order valence-electron chi connectivity index (χ2n) is 5.57. The highest BCUT2D eigenvalue weighted by molar-refractivity contribution is 5.97. The summed E-state index contributed by atoms with van der Waals surface area (Å²) in [6.45, 7) is 1.36. The molecule has 3 N–H and O–H groups in total. The molecule has 1 aromatic carbocycles. The molecular formula is C16H22N2O3. The summed E-state index contributed by atoms with van der Waals surface area (Å²) in [5.41, 5.74) is 1.38. The van der Waals surface area contributed by atoms with Gasteiger partial charge >= 0.3 is 0 Å². The molecule has 1 fully saturated rings. The molecular weight excluding hydrogens is 268 g/mol. The Bertz CT molecular complexity index is 510. The molecule has 1 saturated carbocycles. The summed E-state index contributed by atoms with van der Waals surface area (Å²) < 4.78 is 0. The standard InChI is InChI=1S/C16H22N2O3/c1-11(20)17-15(13-6-2-3-7-13)16(21)18-14-8-4-5-12(9-14)10-19/h4-5,8-9,13,15,19H,2-3,6-7,10H2,1H3,(H,17,20)(H,18,21). The van der Waals surface area contributed by atoms with E-state index in [2.05, 4.69) is 10.6 Å². The molecule has 5 heteroatoms. The SMILES string of the molecule is CC(=O)NC(C(=O)Nc1cccc(CO)c1)C1CCCC1. The first-order chi connectivity index (χ1) is 10.1. The first-order valence-corrected chi connectivity index (χ1v) is 7.38. The third kappa shape index (κ3) is 4.29. The van der Waals surface area contributed by atoms with Gasteiger partial charge in [0, 0.05) is 12.6 Å². The van der Waals surface area contributed by atoms with E-state index in [9.17, 15) is 9.59 Å². The van der Waals surface area contributed by atoms with Crippen molar-refractivity contribution in [3.05, 3.63) is 29.8 Å². The number of carbonyl (C=O) groups is 2. The maximum Gasteiger partial charge on any atom is 0.247 e. The fraction of sp³-hybridized carbons (Fsp3) is 0.500. The van der Waals surface area contributed by atoms with Crippen LogP contribution in [0.5, 0.6) is 0 Å². The molecule has 0 aromatic heterocycles. The molecule has 0 aliphatic heterocycles. The molecule has 5 nitrogen and oxygen atoms in total. The van der Waals surface area contributed by atoms with Crippen molar-refractivity contribution < 1.29 is 14.7 Å². The number of rotatable bonds is 5. The monoisotopic (exact) mass is 290 g/mol. The van der Waals surface area contributed by atoms with E-state index < -0.39 is 6.04 Å². The van der Waals surface area contributed by atoms with Crippen molar-refractivity contribution in [1.29, 1.82) is 0 Å². The van der Waals surface area contributed by atoms with Crippen LogP contribution in [0.4, 0.5) is 5.69 Å². The summed E-state index contributed by atoms with van der Waals surface area (Å²) >= 11 is 0. The van der Waals surface area contributed by atoms with E-state index in [1.807, 2.05) is 0 Å². The Morgan fingerprint density at radius 2 is 2.05 bits per heavy atom. The van der Waals surface area contributed by atoms with Crippen molar-refractivity contribution in [2.75, 3.05) is 5.32 Å². The zero-order chi connectivity index (χ0) is 15.2. The van der Waals surface area contributed by atoms with Gasteiger partial charge in [0.05, 0.1) is 6.61 Å². The van der Waals surface area contributed by atoms with Crippen LogP contribution in [0.2, 0.25) is 0 Å². The Labute approximate surface area is 124 Å².